The van der Waals surface area contributed by atoms with Gasteiger partial charge >= 0.3 is 0 Å². The minimum atomic E-state index is -0.424. The number of nitrogens with one attached hydrogen (secondary N) is 2. The van der Waals surface area contributed by atoms with E-state index in [0.29, 0.717) is 25.3 Å². The van der Waals surface area contributed by atoms with Gasteiger partial charge in [-0.05, 0) is 44.6 Å². The Balaban J connectivity index is 1.57. The Morgan fingerprint density at radius 2 is 2.13 bits per heavy atom. The van der Waals surface area contributed by atoms with Gasteiger partial charge in [0.25, 0.3) is 0 Å². The lowest BCUT2D eigenvalue weighted by molar-refractivity contribution is -0.131. The molecule has 2 amide bonds. The Morgan fingerprint density at radius 1 is 1.30 bits per heavy atom. The first-order valence-electron chi connectivity index (χ1n) is 8.40. The first kappa shape index (κ1) is 15.8. The molecule has 1 aromatic heterocycles. The zero-order chi connectivity index (χ0) is 16.1. The fourth-order valence-electron chi connectivity index (χ4n) is 3.14. The average Bonchev–Trinajstić information content (AvgIpc) is 3.07. The third-order valence-electron chi connectivity index (χ3n) is 4.43. The maximum Gasteiger partial charge on any atom is 0.242 e. The van der Waals surface area contributed by atoms with E-state index in [2.05, 4.69) is 15.6 Å². The average molecular weight is 317 g/mol. The van der Waals surface area contributed by atoms with E-state index in [1.807, 2.05) is 12.1 Å². The van der Waals surface area contributed by atoms with E-state index in [-0.39, 0.29) is 17.9 Å². The molecule has 1 saturated heterocycles. The fourth-order valence-corrected chi connectivity index (χ4v) is 3.14. The third kappa shape index (κ3) is 4.21. The molecule has 0 unspecified atom stereocenters. The van der Waals surface area contributed by atoms with E-state index < -0.39 is 6.04 Å². The monoisotopic (exact) mass is 317 g/mol. The van der Waals surface area contributed by atoms with Crippen LogP contribution in [0.25, 0.3) is 0 Å². The summed E-state index contributed by atoms with van der Waals surface area (Å²) < 4.78 is 5.97. The number of carbonyl (C=O) groups excluding carboxylic acids is 2. The van der Waals surface area contributed by atoms with Gasteiger partial charge in [0.15, 0.2) is 0 Å². The van der Waals surface area contributed by atoms with Crippen LogP contribution in [0.15, 0.2) is 18.3 Å². The molecule has 0 radical (unpaired) electrons. The SMILES string of the molecule is O=C1CCC[C@H](C(=O)NCc2cccnc2OC2CCCC2)N1. The van der Waals surface area contributed by atoms with Crippen molar-refractivity contribution in [1.82, 2.24) is 15.6 Å². The second kappa shape index (κ2) is 7.44. The summed E-state index contributed by atoms with van der Waals surface area (Å²) >= 11 is 0. The molecule has 6 nitrogen and oxygen atoms in total. The molecular weight excluding hydrogens is 294 g/mol. The van der Waals surface area contributed by atoms with Gasteiger partial charge in [0.1, 0.15) is 12.1 Å². The van der Waals surface area contributed by atoms with Gasteiger partial charge in [0.2, 0.25) is 17.7 Å². The first-order chi connectivity index (χ1) is 11.2. The van der Waals surface area contributed by atoms with Crippen LogP contribution in [-0.2, 0) is 16.1 Å². The standard InChI is InChI=1S/C17H23N3O3/c21-15-9-3-8-14(20-15)16(22)19-11-12-5-4-10-18-17(12)23-13-6-1-2-7-13/h4-5,10,13-14H,1-3,6-9,11H2,(H,19,22)(H,20,21)/t14-/m1/s1. The highest BCUT2D eigenvalue weighted by Crippen LogP contribution is 2.25. The van der Waals surface area contributed by atoms with Gasteiger partial charge in [-0.1, -0.05) is 6.07 Å². The molecule has 124 valence electrons. The van der Waals surface area contributed by atoms with Crippen LogP contribution >= 0.6 is 0 Å². The van der Waals surface area contributed by atoms with Gasteiger partial charge in [0.05, 0.1) is 0 Å². The molecule has 6 heteroatoms. The van der Waals surface area contributed by atoms with Crippen LogP contribution in [0.1, 0.15) is 50.5 Å². The van der Waals surface area contributed by atoms with Crippen molar-refractivity contribution in [2.45, 2.75) is 63.6 Å². The Hall–Kier alpha value is -2.11. The molecule has 0 aromatic carbocycles. The second-order valence-electron chi connectivity index (χ2n) is 6.22. The van der Waals surface area contributed by atoms with E-state index in [0.717, 1.165) is 24.8 Å². The Labute approximate surface area is 136 Å². The van der Waals surface area contributed by atoms with E-state index in [1.165, 1.54) is 12.8 Å². The van der Waals surface area contributed by atoms with E-state index in [4.69, 9.17) is 4.74 Å². The molecule has 2 N–H and O–H groups in total. The summed E-state index contributed by atoms with van der Waals surface area (Å²) in [6.45, 7) is 0.362. The van der Waals surface area contributed by atoms with Gasteiger partial charge in [0, 0.05) is 24.7 Å². The van der Waals surface area contributed by atoms with Crippen molar-refractivity contribution in [3.63, 3.8) is 0 Å². The van der Waals surface area contributed by atoms with Crippen LogP contribution in [0.5, 0.6) is 5.88 Å². The van der Waals surface area contributed by atoms with E-state index >= 15 is 0 Å². The number of rotatable bonds is 5. The maximum absolute atomic E-state index is 12.2. The largest absolute Gasteiger partial charge is 0.474 e. The summed E-state index contributed by atoms with van der Waals surface area (Å²) in [5.41, 5.74) is 0.870. The number of ether oxygens (including phenoxy) is 1. The first-order valence-corrected chi connectivity index (χ1v) is 8.40. The molecule has 0 spiro atoms. The van der Waals surface area contributed by atoms with Gasteiger partial charge in [-0.15, -0.1) is 0 Å². The lowest BCUT2D eigenvalue weighted by atomic mass is 10.0. The van der Waals surface area contributed by atoms with Crippen LogP contribution in [0.3, 0.4) is 0 Å². The Kier molecular flexibility index (Phi) is 5.10. The molecule has 2 heterocycles. The zero-order valence-electron chi connectivity index (χ0n) is 13.2. The van der Waals surface area contributed by atoms with Crippen molar-refractivity contribution < 1.29 is 14.3 Å². The van der Waals surface area contributed by atoms with Crippen LogP contribution in [-0.4, -0.2) is 28.9 Å². The van der Waals surface area contributed by atoms with Crippen LogP contribution in [0.4, 0.5) is 0 Å². The number of amides is 2. The van der Waals surface area contributed by atoms with Crippen LogP contribution < -0.4 is 15.4 Å². The number of carbonyl (C=O) groups is 2. The minimum Gasteiger partial charge on any atom is -0.474 e. The number of aromatic nitrogens is 1. The van der Waals surface area contributed by atoms with Crippen molar-refractivity contribution in [1.29, 1.82) is 0 Å². The molecule has 1 saturated carbocycles. The van der Waals surface area contributed by atoms with Crippen molar-refractivity contribution >= 4 is 11.8 Å². The second-order valence-corrected chi connectivity index (χ2v) is 6.22. The van der Waals surface area contributed by atoms with Gasteiger partial charge in [-0.25, -0.2) is 4.98 Å². The van der Waals surface area contributed by atoms with Crippen molar-refractivity contribution in [3.8, 4) is 5.88 Å². The molecule has 0 bridgehead atoms. The Bertz CT molecular complexity index is 570. The molecule has 23 heavy (non-hydrogen) atoms. The fraction of sp³-hybridized carbons (Fsp3) is 0.588. The summed E-state index contributed by atoms with van der Waals surface area (Å²) in [6.07, 6.45) is 8.42. The highest BCUT2D eigenvalue weighted by molar-refractivity contribution is 5.88. The molecule has 1 aromatic rings. The molecule has 2 aliphatic rings. The van der Waals surface area contributed by atoms with Gasteiger partial charge in [-0.2, -0.15) is 0 Å². The molecule has 3 rings (SSSR count). The van der Waals surface area contributed by atoms with Crippen LogP contribution in [0, 0.1) is 0 Å². The summed E-state index contributed by atoms with van der Waals surface area (Å²) in [5, 5.41) is 5.61. The number of nitrogens with zero attached hydrogens (tertiary/aromatic N) is 1. The number of pyridine rings is 1. The summed E-state index contributed by atoms with van der Waals surface area (Å²) in [6, 6.07) is 3.33. The van der Waals surface area contributed by atoms with E-state index in [9.17, 15) is 9.59 Å². The lowest BCUT2D eigenvalue weighted by Crippen LogP contribution is -2.48. The zero-order valence-corrected chi connectivity index (χ0v) is 13.2. The maximum atomic E-state index is 12.2. The van der Waals surface area contributed by atoms with Gasteiger partial charge in [-0.3, -0.25) is 9.59 Å². The molecule has 1 atom stereocenters. The molecule has 1 aliphatic heterocycles. The predicted octanol–water partition coefficient (Wildman–Crippen LogP) is 1.69. The highest BCUT2D eigenvalue weighted by atomic mass is 16.5. The van der Waals surface area contributed by atoms with Crippen LogP contribution in [0.2, 0.25) is 0 Å². The summed E-state index contributed by atoms with van der Waals surface area (Å²) in [4.78, 5) is 27.9. The van der Waals surface area contributed by atoms with E-state index in [1.54, 1.807) is 6.20 Å². The van der Waals surface area contributed by atoms with Crippen molar-refractivity contribution in [2.75, 3.05) is 0 Å². The molecule has 2 fully saturated rings. The number of piperidine rings is 1. The number of hydrogen-bond donors (Lipinski definition) is 2. The highest BCUT2D eigenvalue weighted by Gasteiger charge is 2.25. The topological polar surface area (TPSA) is 80.3 Å². The number of hydrogen-bond acceptors (Lipinski definition) is 4. The lowest BCUT2D eigenvalue weighted by Gasteiger charge is -2.22. The van der Waals surface area contributed by atoms with Gasteiger partial charge < -0.3 is 15.4 Å². The summed E-state index contributed by atoms with van der Waals surface area (Å²) in [5.74, 6) is 0.407. The van der Waals surface area contributed by atoms with Crippen molar-refractivity contribution in [3.05, 3.63) is 23.9 Å². The summed E-state index contributed by atoms with van der Waals surface area (Å²) in [7, 11) is 0. The minimum absolute atomic E-state index is 0.0527. The normalized spacial score (nSPS) is 21.7. The smallest absolute Gasteiger partial charge is 0.242 e. The predicted molar refractivity (Wildman–Crippen MR) is 84.7 cm³/mol. The molecule has 1 aliphatic carbocycles. The molecular formula is C17H23N3O3. The Morgan fingerprint density at radius 3 is 2.91 bits per heavy atom. The quantitative estimate of drug-likeness (QED) is 0.866. The van der Waals surface area contributed by atoms with Crippen molar-refractivity contribution in [2.24, 2.45) is 0 Å². The third-order valence-corrected chi connectivity index (χ3v) is 4.43.